The second-order valence-electron chi connectivity index (χ2n) is 5.72. The molecule has 0 aliphatic heterocycles. The van der Waals surface area contributed by atoms with Gasteiger partial charge in [0.05, 0.1) is 0 Å². The summed E-state index contributed by atoms with van der Waals surface area (Å²) in [5, 5.41) is 0. The standard InChI is InChI=1S/C15H25NO/c16-15(17)14(13-9-5-2-6-10-13)11-12-7-3-1-4-8-12/h11-13H,1-10H2,(H2,16,17)/b14-11-. The van der Waals surface area contributed by atoms with Crippen LogP contribution in [0.1, 0.15) is 64.2 Å². The van der Waals surface area contributed by atoms with Crippen LogP contribution in [0.15, 0.2) is 11.6 Å². The number of hydrogen-bond acceptors (Lipinski definition) is 1. The molecule has 2 aliphatic carbocycles. The van der Waals surface area contributed by atoms with Gasteiger partial charge in [0.15, 0.2) is 0 Å². The van der Waals surface area contributed by atoms with Gasteiger partial charge in [-0.3, -0.25) is 4.79 Å². The second-order valence-corrected chi connectivity index (χ2v) is 5.72. The molecule has 2 fully saturated rings. The number of nitrogens with two attached hydrogens (primary N) is 1. The minimum Gasteiger partial charge on any atom is -0.366 e. The number of primary amides is 1. The molecular weight excluding hydrogens is 210 g/mol. The molecule has 2 heteroatoms. The highest BCUT2D eigenvalue weighted by Gasteiger charge is 2.23. The average Bonchev–Trinajstić information content (AvgIpc) is 2.38. The number of allylic oxidation sites excluding steroid dienone is 1. The van der Waals surface area contributed by atoms with E-state index >= 15 is 0 Å². The van der Waals surface area contributed by atoms with Gasteiger partial charge in [-0.15, -0.1) is 0 Å². The van der Waals surface area contributed by atoms with Gasteiger partial charge in [-0.05, 0) is 37.5 Å². The third kappa shape index (κ3) is 3.58. The normalized spacial score (nSPS) is 24.8. The van der Waals surface area contributed by atoms with Gasteiger partial charge in [-0.1, -0.05) is 44.6 Å². The zero-order valence-electron chi connectivity index (χ0n) is 10.8. The van der Waals surface area contributed by atoms with Crippen LogP contribution < -0.4 is 5.73 Å². The largest absolute Gasteiger partial charge is 0.366 e. The summed E-state index contributed by atoms with van der Waals surface area (Å²) in [5.74, 6) is 0.916. The fraction of sp³-hybridized carbons (Fsp3) is 0.800. The Labute approximate surface area is 105 Å². The van der Waals surface area contributed by atoms with Crippen LogP contribution >= 0.6 is 0 Å². The number of rotatable bonds is 3. The molecule has 2 rings (SSSR count). The summed E-state index contributed by atoms with van der Waals surface area (Å²) in [6, 6.07) is 0. The van der Waals surface area contributed by atoms with E-state index in [1.165, 1.54) is 64.2 Å². The summed E-state index contributed by atoms with van der Waals surface area (Å²) in [6.45, 7) is 0. The van der Waals surface area contributed by atoms with Crippen LogP contribution in [0.25, 0.3) is 0 Å². The Balaban J connectivity index is 2.04. The van der Waals surface area contributed by atoms with Crippen molar-refractivity contribution < 1.29 is 4.79 Å². The molecule has 0 aromatic heterocycles. The van der Waals surface area contributed by atoms with Gasteiger partial charge in [-0.25, -0.2) is 0 Å². The van der Waals surface area contributed by atoms with Crippen molar-refractivity contribution in [1.82, 2.24) is 0 Å². The molecule has 17 heavy (non-hydrogen) atoms. The Morgan fingerprint density at radius 1 is 0.882 bits per heavy atom. The minimum absolute atomic E-state index is 0.164. The zero-order valence-corrected chi connectivity index (χ0v) is 10.8. The monoisotopic (exact) mass is 235 g/mol. The lowest BCUT2D eigenvalue weighted by Crippen LogP contribution is -2.23. The van der Waals surface area contributed by atoms with Gasteiger partial charge >= 0.3 is 0 Å². The topological polar surface area (TPSA) is 43.1 Å². The van der Waals surface area contributed by atoms with E-state index in [1.54, 1.807) is 0 Å². The van der Waals surface area contributed by atoms with Gasteiger partial charge in [0, 0.05) is 5.57 Å². The molecule has 96 valence electrons. The number of hydrogen-bond donors (Lipinski definition) is 1. The summed E-state index contributed by atoms with van der Waals surface area (Å²) in [4.78, 5) is 11.6. The van der Waals surface area contributed by atoms with Crippen LogP contribution in [0, 0.1) is 11.8 Å². The van der Waals surface area contributed by atoms with E-state index in [4.69, 9.17) is 5.73 Å². The third-order valence-electron chi connectivity index (χ3n) is 4.39. The van der Waals surface area contributed by atoms with E-state index in [2.05, 4.69) is 6.08 Å². The maximum absolute atomic E-state index is 11.6. The fourth-order valence-corrected chi connectivity index (χ4v) is 3.39. The molecule has 1 amide bonds. The fourth-order valence-electron chi connectivity index (χ4n) is 3.39. The van der Waals surface area contributed by atoms with E-state index in [-0.39, 0.29) is 5.91 Å². The lowest BCUT2D eigenvalue weighted by molar-refractivity contribution is -0.115. The summed E-state index contributed by atoms with van der Waals surface area (Å²) < 4.78 is 0. The van der Waals surface area contributed by atoms with Gasteiger partial charge in [-0.2, -0.15) is 0 Å². The van der Waals surface area contributed by atoms with E-state index in [1.807, 2.05) is 0 Å². The Morgan fingerprint density at radius 2 is 1.41 bits per heavy atom. The third-order valence-corrected chi connectivity index (χ3v) is 4.39. The molecule has 2 nitrogen and oxygen atoms in total. The van der Waals surface area contributed by atoms with E-state index in [9.17, 15) is 4.79 Å². The molecule has 2 saturated carbocycles. The van der Waals surface area contributed by atoms with Crippen molar-refractivity contribution in [3.8, 4) is 0 Å². The molecule has 0 aromatic carbocycles. The smallest absolute Gasteiger partial charge is 0.244 e. The van der Waals surface area contributed by atoms with Gasteiger partial charge in [0.1, 0.15) is 0 Å². The molecule has 0 bridgehead atoms. The highest BCUT2D eigenvalue weighted by molar-refractivity contribution is 5.92. The van der Waals surface area contributed by atoms with Crippen molar-refractivity contribution in [1.29, 1.82) is 0 Å². The lowest BCUT2D eigenvalue weighted by atomic mass is 9.80. The maximum Gasteiger partial charge on any atom is 0.244 e. The summed E-state index contributed by atoms with van der Waals surface area (Å²) in [6.07, 6.45) is 14.9. The summed E-state index contributed by atoms with van der Waals surface area (Å²) >= 11 is 0. The molecule has 0 saturated heterocycles. The van der Waals surface area contributed by atoms with E-state index < -0.39 is 0 Å². The molecule has 2 N–H and O–H groups in total. The zero-order chi connectivity index (χ0) is 12.1. The van der Waals surface area contributed by atoms with Gasteiger partial charge < -0.3 is 5.73 Å². The van der Waals surface area contributed by atoms with Crippen molar-refractivity contribution in [2.75, 3.05) is 0 Å². The van der Waals surface area contributed by atoms with Gasteiger partial charge in [0.2, 0.25) is 5.91 Å². The van der Waals surface area contributed by atoms with Crippen molar-refractivity contribution in [2.45, 2.75) is 64.2 Å². The highest BCUT2D eigenvalue weighted by Crippen LogP contribution is 2.33. The lowest BCUT2D eigenvalue weighted by Gasteiger charge is -2.25. The van der Waals surface area contributed by atoms with E-state index in [0.29, 0.717) is 11.8 Å². The Kier molecular flexibility index (Phi) is 4.64. The van der Waals surface area contributed by atoms with Crippen molar-refractivity contribution in [3.63, 3.8) is 0 Å². The minimum atomic E-state index is -0.164. The number of carbonyl (C=O) groups is 1. The molecule has 2 aliphatic rings. The maximum atomic E-state index is 11.6. The average molecular weight is 235 g/mol. The van der Waals surface area contributed by atoms with Crippen molar-refractivity contribution in [2.24, 2.45) is 17.6 Å². The first-order chi connectivity index (χ1) is 8.27. The van der Waals surface area contributed by atoms with Crippen LogP contribution in [0.3, 0.4) is 0 Å². The van der Waals surface area contributed by atoms with Crippen LogP contribution in [0.4, 0.5) is 0 Å². The summed E-state index contributed by atoms with van der Waals surface area (Å²) in [7, 11) is 0. The van der Waals surface area contributed by atoms with Crippen LogP contribution in [0.2, 0.25) is 0 Å². The highest BCUT2D eigenvalue weighted by atomic mass is 16.1. The first-order valence-electron chi connectivity index (χ1n) is 7.29. The quantitative estimate of drug-likeness (QED) is 0.747. The molecular formula is C15H25NO. The molecule has 0 aromatic rings. The summed E-state index contributed by atoms with van der Waals surface area (Å²) in [5.41, 5.74) is 6.53. The number of carbonyl (C=O) groups excluding carboxylic acids is 1. The van der Waals surface area contributed by atoms with E-state index in [0.717, 1.165) is 5.57 Å². The Morgan fingerprint density at radius 3 is 1.94 bits per heavy atom. The predicted octanol–water partition coefficient (Wildman–Crippen LogP) is 3.56. The predicted molar refractivity (Wildman–Crippen MR) is 70.4 cm³/mol. The Bertz CT molecular complexity index is 283. The second kappa shape index (κ2) is 6.23. The van der Waals surface area contributed by atoms with Crippen LogP contribution in [0.5, 0.6) is 0 Å². The first-order valence-corrected chi connectivity index (χ1v) is 7.29. The van der Waals surface area contributed by atoms with Crippen molar-refractivity contribution >= 4 is 5.91 Å². The number of amides is 1. The van der Waals surface area contributed by atoms with Crippen LogP contribution in [-0.4, -0.2) is 5.91 Å². The molecule has 0 atom stereocenters. The molecule has 0 heterocycles. The molecule has 0 radical (unpaired) electrons. The van der Waals surface area contributed by atoms with Crippen molar-refractivity contribution in [3.05, 3.63) is 11.6 Å². The molecule has 0 spiro atoms. The SMILES string of the molecule is NC(=O)/C(=C\C1CCCCC1)C1CCCCC1. The van der Waals surface area contributed by atoms with Crippen LogP contribution in [-0.2, 0) is 4.79 Å². The first kappa shape index (κ1) is 12.7. The van der Waals surface area contributed by atoms with Gasteiger partial charge in [0.25, 0.3) is 0 Å². The molecule has 0 unspecified atom stereocenters. The Hall–Kier alpha value is -0.790.